The van der Waals surface area contributed by atoms with E-state index < -0.39 is 67.6 Å². The molecule has 0 spiro atoms. The molecule has 3 N–H and O–H groups in total. The van der Waals surface area contributed by atoms with Crippen molar-refractivity contribution in [2.24, 2.45) is 0 Å². The van der Waals surface area contributed by atoms with E-state index in [1.165, 1.54) is 6.92 Å². The van der Waals surface area contributed by atoms with Crippen LogP contribution < -0.4 is 17.1 Å². The SMILES string of the molecule is CC(O)Cn1c(=O)n(CCC(=O)O)c(=O)n(CCC(=O)O)c1=O. The maximum atomic E-state index is 12.1. The van der Waals surface area contributed by atoms with Crippen molar-refractivity contribution in [3.05, 3.63) is 31.5 Å². The zero-order chi connectivity index (χ0) is 17.7. The Morgan fingerprint density at radius 2 is 1.22 bits per heavy atom. The Hall–Kier alpha value is -2.69. The first kappa shape index (κ1) is 18.4. The van der Waals surface area contributed by atoms with Crippen molar-refractivity contribution in [3.63, 3.8) is 0 Å². The third kappa shape index (κ3) is 4.64. The molecule has 11 nitrogen and oxygen atoms in total. The summed E-state index contributed by atoms with van der Waals surface area (Å²) < 4.78 is 1.66. The Bertz CT molecular complexity index is 714. The van der Waals surface area contributed by atoms with Gasteiger partial charge in [-0.25, -0.2) is 28.1 Å². The van der Waals surface area contributed by atoms with Gasteiger partial charge in [-0.1, -0.05) is 0 Å². The molecule has 1 heterocycles. The Morgan fingerprint density at radius 1 is 0.870 bits per heavy atom. The van der Waals surface area contributed by atoms with Crippen molar-refractivity contribution in [3.8, 4) is 0 Å². The molecule has 0 saturated carbocycles. The van der Waals surface area contributed by atoms with Crippen LogP contribution in [-0.4, -0.2) is 47.1 Å². The Morgan fingerprint density at radius 3 is 1.52 bits per heavy atom. The highest BCUT2D eigenvalue weighted by molar-refractivity contribution is 5.66. The average molecular weight is 331 g/mol. The minimum atomic E-state index is -1.25. The number of aromatic nitrogens is 3. The molecular formula is C12H17N3O8. The summed E-state index contributed by atoms with van der Waals surface area (Å²) in [7, 11) is 0. The lowest BCUT2D eigenvalue weighted by Gasteiger charge is -2.14. The molecule has 0 aromatic carbocycles. The number of hydrogen-bond donors (Lipinski definition) is 3. The molecule has 0 saturated heterocycles. The number of rotatable bonds is 8. The van der Waals surface area contributed by atoms with Gasteiger partial charge in [-0.3, -0.25) is 9.59 Å². The van der Waals surface area contributed by atoms with E-state index in [9.17, 15) is 29.1 Å². The van der Waals surface area contributed by atoms with Crippen LogP contribution in [0.1, 0.15) is 19.8 Å². The molecule has 23 heavy (non-hydrogen) atoms. The molecule has 128 valence electrons. The van der Waals surface area contributed by atoms with Crippen LogP contribution in [-0.2, 0) is 29.2 Å². The summed E-state index contributed by atoms with van der Waals surface area (Å²) in [4.78, 5) is 57.6. The molecule has 1 rings (SSSR count). The molecule has 0 aliphatic carbocycles. The van der Waals surface area contributed by atoms with Crippen molar-refractivity contribution >= 4 is 11.9 Å². The minimum Gasteiger partial charge on any atom is -0.481 e. The fourth-order valence-electron chi connectivity index (χ4n) is 1.90. The first-order chi connectivity index (χ1) is 10.6. The molecule has 0 fully saturated rings. The zero-order valence-corrected chi connectivity index (χ0v) is 12.3. The maximum Gasteiger partial charge on any atom is 0.336 e. The molecule has 1 unspecified atom stereocenters. The van der Waals surface area contributed by atoms with Crippen LogP contribution in [0.25, 0.3) is 0 Å². The predicted octanol–water partition coefficient (Wildman–Crippen LogP) is -2.50. The van der Waals surface area contributed by atoms with E-state index in [1.807, 2.05) is 0 Å². The van der Waals surface area contributed by atoms with Crippen LogP contribution in [0.2, 0.25) is 0 Å². The second-order valence-electron chi connectivity index (χ2n) is 4.90. The van der Waals surface area contributed by atoms with Crippen LogP contribution >= 0.6 is 0 Å². The normalized spacial score (nSPS) is 12.1. The van der Waals surface area contributed by atoms with Gasteiger partial charge in [0.15, 0.2) is 0 Å². The van der Waals surface area contributed by atoms with Crippen molar-refractivity contribution in [2.75, 3.05) is 0 Å². The number of aliphatic hydroxyl groups is 1. The molecule has 1 aromatic rings. The summed E-state index contributed by atoms with van der Waals surface area (Å²) >= 11 is 0. The van der Waals surface area contributed by atoms with Crippen LogP contribution in [0.4, 0.5) is 0 Å². The lowest BCUT2D eigenvalue weighted by molar-refractivity contribution is -0.138. The van der Waals surface area contributed by atoms with Gasteiger partial charge in [0.1, 0.15) is 0 Å². The van der Waals surface area contributed by atoms with Gasteiger partial charge in [0.05, 0.1) is 25.5 Å². The van der Waals surface area contributed by atoms with Crippen molar-refractivity contribution in [2.45, 2.75) is 45.5 Å². The van der Waals surface area contributed by atoms with E-state index in [2.05, 4.69) is 0 Å². The third-order valence-electron chi connectivity index (χ3n) is 2.93. The summed E-state index contributed by atoms with van der Waals surface area (Å²) in [6.07, 6.45) is -2.12. The topological polar surface area (TPSA) is 161 Å². The van der Waals surface area contributed by atoms with E-state index in [0.29, 0.717) is 13.7 Å². The average Bonchev–Trinajstić information content (AvgIpc) is 2.42. The second kappa shape index (κ2) is 7.54. The quantitative estimate of drug-likeness (QED) is 0.471. The number of carboxylic acids is 2. The number of aliphatic hydroxyl groups excluding tert-OH is 1. The number of hydrogen-bond acceptors (Lipinski definition) is 6. The third-order valence-corrected chi connectivity index (χ3v) is 2.93. The minimum absolute atomic E-state index is 0.405. The fourth-order valence-corrected chi connectivity index (χ4v) is 1.90. The highest BCUT2D eigenvalue weighted by atomic mass is 16.4. The first-order valence-corrected chi connectivity index (χ1v) is 6.71. The second-order valence-corrected chi connectivity index (χ2v) is 4.90. The van der Waals surface area contributed by atoms with Crippen molar-refractivity contribution in [1.82, 2.24) is 13.7 Å². The summed E-state index contributed by atoms with van der Waals surface area (Å²) in [6.45, 7) is -0.0292. The fraction of sp³-hybridized carbons (Fsp3) is 0.583. The van der Waals surface area contributed by atoms with Gasteiger partial charge in [-0.05, 0) is 6.92 Å². The van der Waals surface area contributed by atoms with E-state index >= 15 is 0 Å². The lowest BCUT2D eigenvalue weighted by Crippen LogP contribution is -2.55. The standard InChI is InChI=1S/C12H17N3O8/c1-7(16)6-15-11(22)13(4-2-8(17)18)10(21)14(12(15)23)5-3-9(19)20/h7,16H,2-6H2,1H3,(H,17,18)(H,19,20). The van der Waals surface area contributed by atoms with E-state index in [4.69, 9.17) is 10.2 Å². The highest BCUT2D eigenvalue weighted by Crippen LogP contribution is 1.88. The van der Waals surface area contributed by atoms with Crippen molar-refractivity contribution in [1.29, 1.82) is 0 Å². The Kier molecular flexibility index (Phi) is 6.02. The van der Waals surface area contributed by atoms with Crippen LogP contribution in [0.5, 0.6) is 0 Å². The Balaban J connectivity index is 3.49. The van der Waals surface area contributed by atoms with Crippen molar-refractivity contribution < 1.29 is 24.9 Å². The maximum absolute atomic E-state index is 12.1. The van der Waals surface area contributed by atoms with Crippen LogP contribution in [0.3, 0.4) is 0 Å². The van der Waals surface area contributed by atoms with Gasteiger partial charge in [0.25, 0.3) is 0 Å². The molecule has 1 atom stereocenters. The molecule has 0 bridgehead atoms. The number of carbonyl (C=O) groups is 2. The molecular weight excluding hydrogens is 314 g/mol. The largest absolute Gasteiger partial charge is 0.481 e. The molecule has 0 radical (unpaired) electrons. The first-order valence-electron chi connectivity index (χ1n) is 6.71. The van der Waals surface area contributed by atoms with E-state index in [1.54, 1.807) is 0 Å². The van der Waals surface area contributed by atoms with Gasteiger partial charge in [0.2, 0.25) is 0 Å². The van der Waals surface area contributed by atoms with Crippen LogP contribution in [0, 0.1) is 0 Å². The van der Waals surface area contributed by atoms with Gasteiger partial charge in [-0.2, -0.15) is 0 Å². The molecule has 0 amide bonds. The predicted molar refractivity (Wildman–Crippen MR) is 75.4 cm³/mol. The highest BCUT2D eigenvalue weighted by Gasteiger charge is 2.17. The molecule has 0 aliphatic heterocycles. The summed E-state index contributed by atoms with van der Waals surface area (Å²) in [5.74, 6) is -2.50. The summed E-state index contributed by atoms with van der Waals surface area (Å²) in [5.41, 5.74) is -3.17. The van der Waals surface area contributed by atoms with Crippen LogP contribution in [0.15, 0.2) is 14.4 Å². The lowest BCUT2D eigenvalue weighted by atomic mass is 10.4. The number of nitrogens with zero attached hydrogens (tertiary/aromatic N) is 3. The number of aliphatic carboxylic acids is 2. The summed E-state index contributed by atoms with van der Waals surface area (Å²) in [6, 6.07) is 0. The van der Waals surface area contributed by atoms with Gasteiger partial charge in [-0.15, -0.1) is 0 Å². The summed E-state index contributed by atoms with van der Waals surface area (Å²) in [5, 5.41) is 26.7. The van der Waals surface area contributed by atoms with E-state index in [-0.39, 0.29) is 0 Å². The van der Waals surface area contributed by atoms with Gasteiger partial charge >= 0.3 is 29.0 Å². The molecule has 1 aromatic heterocycles. The van der Waals surface area contributed by atoms with E-state index in [0.717, 1.165) is 0 Å². The smallest absolute Gasteiger partial charge is 0.336 e. The zero-order valence-electron chi connectivity index (χ0n) is 12.3. The Labute approximate surface area is 128 Å². The number of carboxylic acid groups (broad SMARTS) is 2. The molecule has 0 aliphatic rings. The van der Waals surface area contributed by atoms with Gasteiger partial charge in [0, 0.05) is 13.1 Å². The monoisotopic (exact) mass is 331 g/mol. The molecule has 11 heteroatoms. The van der Waals surface area contributed by atoms with Gasteiger partial charge < -0.3 is 15.3 Å².